The van der Waals surface area contributed by atoms with Crippen molar-refractivity contribution in [3.05, 3.63) is 58.0 Å². The number of nitrogens with zero attached hydrogens (tertiary/aromatic N) is 3. The zero-order chi connectivity index (χ0) is 30.3. The van der Waals surface area contributed by atoms with Crippen molar-refractivity contribution in [2.45, 2.75) is 67.7 Å². The van der Waals surface area contributed by atoms with Crippen LogP contribution in [0.1, 0.15) is 59.5 Å². The number of thiazole rings is 1. The van der Waals surface area contributed by atoms with Crippen LogP contribution in [0.5, 0.6) is 5.75 Å². The number of alkyl halides is 4. The topological polar surface area (TPSA) is 86.9 Å². The molecule has 1 aliphatic carbocycles. The molecule has 2 fully saturated rings. The molecule has 3 atom stereocenters. The highest BCUT2D eigenvalue weighted by Crippen LogP contribution is 2.46. The van der Waals surface area contributed by atoms with Gasteiger partial charge in [-0.05, 0) is 50.5 Å². The minimum atomic E-state index is -4.83. The number of carbonyl (C=O) groups is 1. The van der Waals surface area contributed by atoms with Gasteiger partial charge in [0.05, 0.1) is 34.4 Å². The molecule has 6 rings (SSSR count). The quantitative estimate of drug-likeness (QED) is 0.0731. The summed E-state index contributed by atoms with van der Waals surface area (Å²) in [4.78, 5) is 20.5. The second kappa shape index (κ2) is 12.4. The molecule has 4 heterocycles. The molecule has 2 aliphatic rings. The number of carbonyl (C=O) groups excluding carboxylic acids is 1. The Kier molecular flexibility index (Phi) is 8.72. The number of hydrogen-bond donors (Lipinski definition) is 0. The number of hydrogen-bond acceptors (Lipinski definition) is 10. The Morgan fingerprint density at radius 2 is 1.98 bits per heavy atom. The highest BCUT2D eigenvalue weighted by atomic mass is 127. The van der Waals surface area contributed by atoms with Gasteiger partial charge in [-0.15, -0.1) is 35.8 Å². The van der Waals surface area contributed by atoms with Gasteiger partial charge in [0.15, 0.2) is 5.13 Å². The second-order valence-corrected chi connectivity index (χ2v) is 13.8. The van der Waals surface area contributed by atoms with Crippen LogP contribution in [0, 0.1) is 0 Å². The van der Waals surface area contributed by atoms with E-state index in [2.05, 4.69) is 44.3 Å². The average molecular weight is 746 g/mol. The molecule has 1 saturated heterocycles. The van der Waals surface area contributed by atoms with Gasteiger partial charge in [-0.3, -0.25) is 0 Å². The molecule has 0 bridgehead atoms. The van der Waals surface area contributed by atoms with E-state index < -0.39 is 6.36 Å². The van der Waals surface area contributed by atoms with Crippen LogP contribution in [0.25, 0.3) is 21.8 Å². The molecule has 43 heavy (non-hydrogen) atoms. The number of benzene rings is 1. The molecule has 1 aromatic carbocycles. The predicted molar refractivity (Wildman–Crippen MR) is 165 cm³/mol. The molecular weight excluding hydrogens is 718 g/mol. The molecule has 0 amide bonds. The normalized spacial score (nSPS) is 20.8. The monoisotopic (exact) mass is 745 g/mol. The van der Waals surface area contributed by atoms with E-state index in [4.69, 9.17) is 19.0 Å². The van der Waals surface area contributed by atoms with E-state index in [1.54, 1.807) is 29.5 Å². The molecule has 4 aromatic rings. The molecule has 3 aromatic heterocycles. The summed E-state index contributed by atoms with van der Waals surface area (Å²) >= 11 is 5.32. The van der Waals surface area contributed by atoms with E-state index in [1.807, 2.05) is 11.4 Å². The SMILES string of the molecule is COC(=O)c1ccc(-c2csc(N3[C@H](C)C[C@H](OCc4c(-c5ccccc5OC(F)(F)F)noc4C4CC4)C[C@@H]3I)n2)s1. The number of thiophene rings is 1. The Morgan fingerprint density at radius 3 is 2.70 bits per heavy atom. The maximum atomic E-state index is 13.1. The Labute approximate surface area is 267 Å². The number of para-hydroxylation sites is 1. The summed E-state index contributed by atoms with van der Waals surface area (Å²) < 4.78 is 60.7. The van der Waals surface area contributed by atoms with Gasteiger partial charge in [0.2, 0.25) is 0 Å². The van der Waals surface area contributed by atoms with Gasteiger partial charge in [-0.2, -0.15) is 0 Å². The van der Waals surface area contributed by atoms with Crippen molar-refractivity contribution >= 4 is 56.4 Å². The van der Waals surface area contributed by atoms with Crippen LogP contribution in [0.2, 0.25) is 0 Å². The highest BCUT2D eigenvalue weighted by molar-refractivity contribution is 14.1. The molecule has 0 N–H and O–H groups in total. The first-order valence-corrected chi connectivity index (χ1v) is 16.6. The van der Waals surface area contributed by atoms with Crippen molar-refractivity contribution in [1.29, 1.82) is 0 Å². The molecule has 0 radical (unpaired) electrons. The van der Waals surface area contributed by atoms with E-state index in [0.717, 1.165) is 41.4 Å². The Hall–Kier alpha value is -2.69. The third-order valence-corrected chi connectivity index (χ3v) is 10.4. The van der Waals surface area contributed by atoms with Crippen molar-refractivity contribution in [3.8, 4) is 27.6 Å². The highest BCUT2D eigenvalue weighted by Gasteiger charge is 2.38. The van der Waals surface area contributed by atoms with Gasteiger partial charge in [0.25, 0.3) is 0 Å². The summed E-state index contributed by atoms with van der Waals surface area (Å²) in [5.41, 5.74) is 2.02. The molecule has 0 unspecified atom stereocenters. The van der Waals surface area contributed by atoms with Crippen LogP contribution in [0.15, 0.2) is 46.3 Å². The van der Waals surface area contributed by atoms with Crippen LogP contribution in [-0.2, 0) is 16.1 Å². The fraction of sp³-hybridized carbons (Fsp3) is 0.414. The second-order valence-electron chi connectivity index (χ2n) is 10.5. The van der Waals surface area contributed by atoms with Crippen molar-refractivity contribution in [3.63, 3.8) is 0 Å². The van der Waals surface area contributed by atoms with Gasteiger partial charge in [0.1, 0.15) is 22.1 Å². The van der Waals surface area contributed by atoms with Crippen LogP contribution in [0.3, 0.4) is 0 Å². The number of rotatable bonds is 9. The standard InChI is InChI=1S/C29H27F3IN3O5S2/c1-15-11-17(12-24(33)36(15)28-34-20(14-42-28)22-9-10-23(43-22)27(37)38-2)39-13-19-25(35-41-26(19)16-7-8-16)18-5-3-4-6-21(18)40-29(30,31)32/h3-6,9-10,14-17,24H,7-8,11-13H2,1-2H3/t15-,17+,24-/m1/s1. The number of piperidine rings is 1. The molecular formula is C29H27F3IN3O5S2. The lowest BCUT2D eigenvalue weighted by atomic mass is 10.0. The predicted octanol–water partition coefficient (Wildman–Crippen LogP) is 8.42. The molecule has 0 spiro atoms. The van der Waals surface area contributed by atoms with E-state index in [-0.39, 0.29) is 46.0 Å². The fourth-order valence-corrected chi connectivity index (χ4v) is 8.74. The van der Waals surface area contributed by atoms with Crippen molar-refractivity contribution in [1.82, 2.24) is 10.1 Å². The van der Waals surface area contributed by atoms with Gasteiger partial charge in [-0.25, -0.2) is 9.78 Å². The van der Waals surface area contributed by atoms with E-state index in [1.165, 1.54) is 30.6 Å². The molecule has 228 valence electrons. The number of anilines is 1. The first-order chi connectivity index (χ1) is 20.6. The summed E-state index contributed by atoms with van der Waals surface area (Å²) in [6.45, 7) is 2.31. The number of methoxy groups -OCH3 is 1. The lowest BCUT2D eigenvalue weighted by Crippen LogP contribution is -2.47. The van der Waals surface area contributed by atoms with Crippen LogP contribution >= 0.6 is 45.3 Å². The fourth-order valence-electron chi connectivity index (χ4n) is 5.24. The lowest BCUT2D eigenvalue weighted by Gasteiger charge is -2.41. The van der Waals surface area contributed by atoms with Crippen molar-refractivity contribution in [2.24, 2.45) is 0 Å². The van der Waals surface area contributed by atoms with Gasteiger partial charge in [-0.1, -0.05) is 39.9 Å². The summed E-state index contributed by atoms with van der Waals surface area (Å²) in [6.07, 6.45) is -1.55. The maximum absolute atomic E-state index is 13.1. The zero-order valence-electron chi connectivity index (χ0n) is 23.1. The minimum absolute atomic E-state index is 0.0797. The maximum Gasteiger partial charge on any atom is 0.573 e. The van der Waals surface area contributed by atoms with Gasteiger partial charge in [0, 0.05) is 34.9 Å². The van der Waals surface area contributed by atoms with Crippen LogP contribution in [-0.4, -0.2) is 45.8 Å². The Bertz CT molecular complexity index is 1590. The smallest absolute Gasteiger partial charge is 0.465 e. The van der Waals surface area contributed by atoms with Crippen LogP contribution < -0.4 is 9.64 Å². The van der Waals surface area contributed by atoms with Crippen molar-refractivity contribution in [2.75, 3.05) is 12.0 Å². The third-order valence-electron chi connectivity index (χ3n) is 7.39. The Morgan fingerprint density at radius 1 is 1.19 bits per heavy atom. The zero-order valence-corrected chi connectivity index (χ0v) is 26.9. The van der Waals surface area contributed by atoms with E-state index in [9.17, 15) is 18.0 Å². The average Bonchev–Trinajstić information content (AvgIpc) is 3.33. The van der Waals surface area contributed by atoms with Crippen LogP contribution in [0.4, 0.5) is 18.3 Å². The molecule has 8 nitrogen and oxygen atoms in total. The number of aromatic nitrogens is 2. The molecule has 1 saturated carbocycles. The van der Waals surface area contributed by atoms with E-state index in [0.29, 0.717) is 21.9 Å². The van der Waals surface area contributed by atoms with Gasteiger partial charge >= 0.3 is 12.3 Å². The van der Waals surface area contributed by atoms with Crippen molar-refractivity contribution < 1.29 is 36.7 Å². The number of ether oxygens (including phenoxy) is 3. The minimum Gasteiger partial charge on any atom is -0.465 e. The molecule has 14 heteroatoms. The van der Waals surface area contributed by atoms with E-state index >= 15 is 0 Å². The number of halogens is 4. The summed E-state index contributed by atoms with van der Waals surface area (Å²) in [5, 5.41) is 7.07. The largest absolute Gasteiger partial charge is 0.573 e. The number of esters is 1. The Balaban J connectivity index is 1.16. The van der Waals surface area contributed by atoms with Gasteiger partial charge < -0.3 is 23.6 Å². The first-order valence-electron chi connectivity index (χ1n) is 13.6. The summed E-state index contributed by atoms with van der Waals surface area (Å²) in [7, 11) is 1.36. The lowest BCUT2D eigenvalue weighted by molar-refractivity contribution is -0.274. The molecule has 1 aliphatic heterocycles. The third kappa shape index (κ3) is 6.71. The summed E-state index contributed by atoms with van der Waals surface area (Å²) in [5.74, 6) is 0.177. The first kappa shape index (κ1) is 30.3. The summed E-state index contributed by atoms with van der Waals surface area (Å²) in [6, 6.07) is 9.71.